The van der Waals surface area contributed by atoms with Crippen LogP contribution in [0.1, 0.15) is 64.6 Å². The number of hydrogen-bond acceptors (Lipinski definition) is 7. The summed E-state index contributed by atoms with van der Waals surface area (Å²) in [5.41, 5.74) is 1.43. The molecule has 1 heterocycles. The van der Waals surface area contributed by atoms with E-state index in [0.717, 1.165) is 31.2 Å². The number of nitrogens with one attached hydrogen (secondary N) is 1. The van der Waals surface area contributed by atoms with Crippen molar-refractivity contribution in [1.29, 1.82) is 5.26 Å². The fraction of sp³-hybridized carbons (Fsp3) is 0.269. The number of anilines is 1. The second-order valence-electron chi connectivity index (χ2n) is 7.54. The van der Waals surface area contributed by atoms with Crippen LogP contribution in [0.15, 0.2) is 60.9 Å². The number of rotatable bonds is 11. The summed E-state index contributed by atoms with van der Waals surface area (Å²) in [6, 6.07) is 15.6. The predicted molar refractivity (Wildman–Crippen MR) is 126 cm³/mol. The van der Waals surface area contributed by atoms with Crippen LogP contribution in [0.3, 0.4) is 0 Å². The van der Waals surface area contributed by atoms with Gasteiger partial charge in [0, 0.05) is 0 Å². The van der Waals surface area contributed by atoms with E-state index >= 15 is 0 Å². The van der Waals surface area contributed by atoms with Gasteiger partial charge in [-0.1, -0.05) is 56.5 Å². The summed E-state index contributed by atoms with van der Waals surface area (Å²) in [5, 5.41) is 11.9. The summed E-state index contributed by atoms with van der Waals surface area (Å²) >= 11 is 0. The maximum atomic E-state index is 12.7. The molecule has 2 aromatic carbocycles. The molecule has 1 amide bonds. The molecule has 3 aromatic rings. The van der Waals surface area contributed by atoms with Gasteiger partial charge in [-0.25, -0.2) is 14.8 Å². The lowest BCUT2D eigenvalue weighted by atomic mass is 10.1. The van der Waals surface area contributed by atoms with E-state index < -0.39 is 11.9 Å². The van der Waals surface area contributed by atoms with Crippen LogP contribution in [0.25, 0.3) is 0 Å². The molecule has 8 nitrogen and oxygen atoms in total. The van der Waals surface area contributed by atoms with Gasteiger partial charge in [-0.3, -0.25) is 4.79 Å². The van der Waals surface area contributed by atoms with Gasteiger partial charge in [0.25, 0.3) is 5.91 Å². The molecule has 3 rings (SSSR count). The number of esters is 1. The number of unbranched alkanes of at least 4 members (excludes halogenated alkanes) is 3. The second kappa shape index (κ2) is 12.7. The van der Waals surface area contributed by atoms with Crippen LogP contribution in [0, 0.1) is 11.3 Å². The van der Waals surface area contributed by atoms with E-state index in [1.54, 1.807) is 0 Å². The van der Waals surface area contributed by atoms with Crippen LogP contribution in [-0.2, 0) is 11.3 Å². The van der Waals surface area contributed by atoms with E-state index in [1.807, 2.05) is 36.4 Å². The van der Waals surface area contributed by atoms with Crippen molar-refractivity contribution in [1.82, 2.24) is 9.97 Å². The van der Waals surface area contributed by atoms with Crippen LogP contribution in [-0.4, -0.2) is 28.5 Å². The van der Waals surface area contributed by atoms with Crippen molar-refractivity contribution in [3.05, 3.63) is 83.3 Å². The van der Waals surface area contributed by atoms with Gasteiger partial charge >= 0.3 is 5.97 Å². The summed E-state index contributed by atoms with van der Waals surface area (Å²) in [5.74, 6) is -0.866. The first-order chi connectivity index (χ1) is 16.6. The minimum absolute atomic E-state index is 0.0614. The van der Waals surface area contributed by atoms with Gasteiger partial charge in [0.05, 0.1) is 41.9 Å². The molecule has 0 saturated carbocycles. The maximum Gasteiger partial charge on any atom is 0.340 e. The largest absolute Gasteiger partial charge is 0.477 e. The molecule has 0 radical (unpaired) electrons. The zero-order valence-electron chi connectivity index (χ0n) is 19.0. The highest BCUT2D eigenvalue weighted by atomic mass is 16.5. The number of hydrogen-bond donors (Lipinski definition) is 1. The SMILES string of the molecule is CCCCCCOc1cnc(C(=O)Nc2ccc(C#N)cc2C(=O)OCc2ccccc2)cn1. The fourth-order valence-electron chi connectivity index (χ4n) is 3.09. The number of nitrogens with zero attached hydrogens (tertiary/aromatic N) is 3. The Kier molecular flexibility index (Phi) is 9.11. The first-order valence-electron chi connectivity index (χ1n) is 11.1. The third-order valence-electron chi connectivity index (χ3n) is 4.94. The number of carbonyl (C=O) groups excluding carboxylic acids is 2. The molecule has 0 fully saturated rings. The minimum Gasteiger partial charge on any atom is -0.477 e. The number of aromatic nitrogens is 2. The Morgan fingerprint density at radius 1 is 1.03 bits per heavy atom. The monoisotopic (exact) mass is 458 g/mol. The van der Waals surface area contributed by atoms with Crippen molar-refractivity contribution in [3.8, 4) is 11.9 Å². The van der Waals surface area contributed by atoms with Crippen molar-refractivity contribution < 1.29 is 19.1 Å². The van der Waals surface area contributed by atoms with Crippen molar-refractivity contribution in [2.45, 2.75) is 39.2 Å². The van der Waals surface area contributed by atoms with E-state index in [1.165, 1.54) is 30.6 Å². The van der Waals surface area contributed by atoms with E-state index in [0.29, 0.717) is 12.5 Å². The van der Waals surface area contributed by atoms with Crippen LogP contribution in [0.4, 0.5) is 5.69 Å². The molecule has 8 heteroatoms. The summed E-state index contributed by atoms with van der Waals surface area (Å²) in [6.45, 7) is 2.75. The van der Waals surface area contributed by atoms with Crippen LogP contribution >= 0.6 is 0 Å². The van der Waals surface area contributed by atoms with E-state index in [9.17, 15) is 14.9 Å². The maximum absolute atomic E-state index is 12.7. The quantitative estimate of drug-likeness (QED) is 0.320. The molecule has 0 bridgehead atoms. The molecule has 0 saturated heterocycles. The van der Waals surface area contributed by atoms with Gasteiger partial charge in [0.2, 0.25) is 5.88 Å². The Labute approximate surface area is 198 Å². The third kappa shape index (κ3) is 7.14. The second-order valence-corrected chi connectivity index (χ2v) is 7.54. The molecule has 1 N–H and O–H groups in total. The van der Waals surface area contributed by atoms with Gasteiger partial charge in [0.15, 0.2) is 0 Å². The number of carbonyl (C=O) groups is 2. The lowest BCUT2D eigenvalue weighted by molar-refractivity contribution is 0.0474. The Hall–Kier alpha value is -4.25. The van der Waals surface area contributed by atoms with Gasteiger partial charge < -0.3 is 14.8 Å². The Morgan fingerprint density at radius 3 is 2.56 bits per heavy atom. The van der Waals surface area contributed by atoms with Crippen molar-refractivity contribution >= 4 is 17.6 Å². The lowest BCUT2D eigenvalue weighted by Gasteiger charge is -2.12. The fourth-order valence-corrected chi connectivity index (χ4v) is 3.09. The third-order valence-corrected chi connectivity index (χ3v) is 4.94. The van der Waals surface area contributed by atoms with Gasteiger partial charge in [-0.05, 0) is 30.2 Å². The molecular formula is C26H26N4O4. The van der Waals surface area contributed by atoms with Gasteiger partial charge in [0.1, 0.15) is 12.3 Å². The van der Waals surface area contributed by atoms with Crippen LogP contribution in [0.2, 0.25) is 0 Å². The van der Waals surface area contributed by atoms with E-state index in [4.69, 9.17) is 9.47 Å². The van der Waals surface area contributed by atoms with Crippen molar-refractivity contribution in [2.24, 2.45) is 0 Å². The van der Waals surface area contributed by atoms with Crippen molar-refractivity contribution in [3.63, 3.8) is 0 Å². The summed E-state index contributed by atoms with van der Waals surface area (Å²) in [4.78, 5) is 33.6. The molecule has 0 spiro atoms. The van der Waals surface area contributed by atoms with E-state index in [-0.39, 0.29) is 29.1 Å². The zero-order valence-corrected chi connectivity index (χ0v) is 19.0. The number of amides is 1. The Morgan fingerprint density at radius 2 is 1.85 bits per heavy atom. The first-order valence-corrected chi connectivity index (χ1v) is 11.1. The highest BCUT2D eigenvalue weighted by Gasteiger charge is 2.18. The number of nitriles is 1. The smallest absolute Gasteiger partial charge is 0.340 e. The molecule has 0 aliphatic carbocycles. The molecule has 0 atom stereocenters. The van der Waals surface area contributed by atoms with Crippen molar-refractivity contribution in [2.75, 3.05) is 11.9 Å². The first kappa shape index (κ1) is 24.4. The highest BCUT2D eigenvalue weighted by Crippen LogP contribution is 2.20. The highest BCUT2D eigenvalue weighted by molar-refractivity contribution is 6.07. The Balaban J connectivity index is 1.65. The average Bonchev–Trinajstić information content (AvgIpc) is 2.88. The number of ether oxygens (including phenoxy) is 2. The lowest BCUT2D eigenvalue weighted by Crippen LogP contribution is -2.17. The van der Waals surface area contributed by atoms with Crippen LogP contribution in [0.5, 0.6) is 5.88 Å². The standard InChI is InChI=1S/C26H26N4O4/c1-2-3-4-8-13-33-24-17-28-23(16-29-24)25(31)30-22-12-11-20(15-27)14-21(22)26(32)34-18-19-9-6-5-7-10-19/h5-7,9-12,14,16-17H,2-4,8,13,18H2,1H3,(H,30,31). The predicted octanol–water partition coefficient (Wildman–Crippen LogP) is 4.92. The summed E-state index contributed by atoms with van der Waals surface area (Å²) < 4.78 is 10.9. The molecule has 0 aliphatic heterocycles. The summed E-state index contributed by atoms with van der Waals surface area (Å²) in [7, 11) is 0. The number of benzene rings is 2. The van der Waals surface area contributed by atoms with E-state index in [2.05, 4.69) is 22.2 Å². The minimum atomic E-state index is -0.658. The average molecular weight is 459 g/mol. The van der Waals surface area contributed by atoms with Crippen LogP contribution < -0.4 is 10.1 Å². The molecule has 1 aromatic heterocycles. The summed E-state index contributed by atoms with van der Waals surface area (Å²) in [6.07, 6.45) is 7.03. The Bertz CT molecular complexity index is 1140. The molecule has 174 valence electrons. The van der Waals surface area contributed by atoms with Gasteiger partial charge in [-0.15, -0.1) is 0 Å². The molecule has 34 heavy (non-hydrogen) atoms. The zero-order chi connectivity index (χ0) is 24.2. The molecule has 0 aliphatic rings. The normalized spacial score (nSPS) is 10.2. The van der Waals surface area contributed by atoms with Gasteiger partial charge in [-0.2, -0.15) is 5.26 Å². The topological polar surface area (TPSA) is 114 Å². The molecule has 0 unspecified atom stereocenters. The molecular weight excluding hydrogens is 432 g/mol.